The molecule has 0 fully saturated rings. The fourth-order valence-electron chi connectivity index (χ4n) is 0. The second kappa shape index (κ2) is 28.2. The normalized spacial score (nSPS) is 0. The van der Waals surface area contributed by atoms with E-state index in [1.807, 2.05) is 0 Å². The summed E-state index contributed by atoms with van der Waals surface area (Å²) in [5.41, 5.74) is 0. The largest absolute Gasteiger partial charge is 2.00 e. The van der Waals surface area contributed by atoms with Crippen molar-refractivity contribution in [2.24, 2.45) is 0 Å². The standard InChI is InChI=1S/Al.Ba.2FH.Na.6H/h;;2*1H;;;;;;;/q;+2;;;+1;;;;3*-1. The van der Waals surface area contributed by atoms with Crippen LogP contribution in [0.2, 0.25) is 0 Å². The molecule has 0 amide bonds. The summed E-state index contributed by atoms with van der Waals surface area (Å²) in [6.45, 7) is 0. The third-order valence-electron chi connectivity index (χ3n) is 0. The van der Waals surface area contributed by atoms with Gasteiger partial charge in [-0.15, -0.1) is 0 Å². The molecule has 0 aromatic heterocycles. The van der Waals surface area contributed by atoms with Gasteiger partial charge in [0.1, 0.15) is 0 Å². The van der Waals surface area contributed by atoms with Crippen LogP contribution < -0.4 is 29.6 Å². The van der Waals surface area contributed by atoms with E-state index in [1.54, 1.807) is 0 Å². The number of rotatable bonds is 0. The maximum Gasteiger partial charge on any atom is 2.00 e. The minimum absolute atomic E-state index is 0. The van der Waals surface area contributed by atoms with Crippen molar-refractivity contribution in [1.29, 1.82) is 0 Å². The van der Waals surface area contributed by atoms with Crippen molar-refractivity contribution in [1.82, 2.24) is 0 Å². The summed E-state index contributed by atoms with van der Waals surface area (Å²) in [6.07, 6.45) is 0. The Balaban J connectivity index is 0. The molecule has 0 N–H and O–H groups in total. The van der Waals surface area contributed by atoms with Gasteiger partial charge in [-0.05, 0) is 0 Å². The Morgan fingerprint density at radius 3 is 1.00 bits per heavy atom. The molecule has 0 aliphatic heterocycles. The van der Waals surface area contributed by atoms with E-state index in [1.165, 1.54) is 0 Å². The molecule has 28 valence electrons. The van der Waals surface area contributed by atoms with Gasteiger partial charge in [-0.25, -0.2) is 0 Å². The van der Waals surface area contributed by atoms with Crippen molar-refractivity contribution >= 4 is 66.2 Å². The second-order valence-corrected chi connectivity index (χ2v) is 0. The third-order valence-corrected chi connectivity index (χ3v) is 0. The van der Waals surface area contributed by atoms with Crippen LogP contribution in [0.15, 0.2) is 0 Å². The molecule has 0 aliphatic carbocycles. The molecule has 0 saturated heterocycles. The minimum atomic E-state index is 0. The zero-order valence-electron chi connectivity index (χ0n) is 5.52. The monoisotopic (exact) mass is 234 g/mol. The third kappa shape index (κ3) is 19.5. The molecule has 5 heavy (non-hydrogen) atoms. The smallest absolute Gasteiger partial charge is 1.00 e. The quantitative estimate of drug-likeness (QED) is 0.375. The van der Waals surface area contributed by atoms with Crippen molar-refractivity contribution in [2.75, 3.05) is 0 Å². The van der Waals surface area contributed by atoms with Gasteiger partial charge in [0.25, 0.3) is 0 Å². The van der Waals surface area contributed by atoms with Crippen LogP contribution in [0.5, 0.6) is 0 Å². The Morgan fingerprint density at radius 2 is 1.00 bits per heavy atom. The van der Waals surface area contributed by atoms with Crippen molar-refractivity contribution in [3.8, 4) is 0 Å². The zero-order chi connectivity index (χ0) is 0. The van der Waals surface area contributed by atoms with E-state index < -0.39 is 0 Å². The van der Waals surface area contributed by atoms with Gasteiger partial charge < -0.3 is 4.28 Å². The molecule has 0 bridgehead atoms. The van der Waals surface area contributed by atoms with Gasteiger partial charge in [0.05, 0.1) is 0 Å². The fraction of sp³-hybridized carbons (Fsp3) is 0. The maximum absolute atomic E-state index is 0. The van der Waals surface area contributed by atoms with E-state index in [0.29, 0.717) is 0 Å². The molecular formula is H8AlBaF2Na. The molecule has 0 aliphatic rings. The molecule has 0 nitrogen and oxygen atoms in total. The molecule has 0 aromatic rings. The Labute approximate surface area is 107 Å². The van der Waals surface area contributed by atoms with Gasteiger partial charge in [-0.1, -0.05) is 0 Å². The van der Waals surface area contributed by atoms with Gasteiger partial charge in [-0.3, -0.25) is 9.41 Å². The van der Waals surface area contributed by atoms with Crippen molar-refractivity contribution in [3.05, 3.63) is 0 Å². The zero-order valence-corrected chi connectivity index (χ0v) is 8.96. The van der Waals surface area contributed by atoms with E-state index in [-0.39, 0.29) is 109 Å². The fourth-order valence-corrected chi connectivity index (χ4v) is 0. The van der Waals surface area contributed by atoms with Crippen LogP contribution in [-0.4, -0.2) is 66.2 Å². The van der Waals surface area contributed by atoms with E-state index in [4.69, 9.17) is 0 Å². The molecule has 0 radical (unpaired) electrons. The molecule has 0 unspecified atom stereocenters. The number of halogens is 2. The van der Waals surface area contributed by atoms with E-state index in [9.17, 15) is 0 Å². The predicted molar refractivity (Wildman–Crippen MR) is 24.0 cm³/mol. The Kier molecular flexibility index (Phi) is 248. The first kappa shape index (κ1) is 44.0. The average Bonchev–Trinajstić information content (AvgIpc) is 0. The summed E-state index contributed by atoms with van der Waals surface area (Å²) < 4.78 is 0. The molecule has 5 heteroatoms. The molecule has 0 spiro atoms. The minimum Gasteiger partial charge on any atom is -1.00 e. The summed E-state index contributed by atoms with van der Waals surface area (Å²) >= 11 is 0. The van der Waals surface area contributed by atoms with Crippen LogP contribution in [0.25, 0.3) is 0 Å². The van der Waals surface area contributed by atoms with Crippen LogP contribution in [-0.2, 0) is 0 Å². The first-order chi connectivity index (χ1) is 0. The van der Waals surface area contributed by atoms with Gasteiger partial charge in [-0.2, -0.15) is 0 Å². The first-order valence-electron chi connectivity index (χ1n) is 0. The van der Waals surface area contributed by atoms with Crippen molar-refractivity contribution in [2.45, 2.75) is 0 Å². The summed E-state index contributed by atoms with van der Waals surface area (Å²) in [7, 11) is 0. The van der Waals surface area contributed by atoms with E-state index >= 15 is 0 Å². The van der Waals surface area contributed by atoms with Gasteiger partial charge in [0.2, 0.25) is 0 Å². The molecule has 0 aromatic carbocycles. The molecule has 0 atom stereocenters. The SMILES string of the molecule is F.F.[AlH3].[Ba+2].[H-].[H-].[H-].[Na+]. The molecule has 0 saturated carbocycles. The van der Waals surface area contributed by atoms with Gasteiger partial charge >= 0.3 is 78.4 Å². The molecule has 0 rings (SSSR count). The van der Waals surface area contributed by atoms with Crippen LogP contribution in [0.4, 0.5) is 9.41 Å². The second-order valence-electron chi connectivity index (χ2n) is 0. The Hall–Kier alpha value is 2.96. The molecular weight excluding hydrogens is 225 g/mol. The van der Waals surface area contributed by atoms with Crippen LogP contribution in [0, 0.1) is 0 Å². The van der Waals surface area contributed by atoms with Crippen molar-refractivity contribution < 1.29 is 43.2 Å². The maximum atomic E-state index is 0. The van der Waals surface area contributed by atoms with E-state index in [0.717, 1.165) is 0 Å². The topological polar surface area (TPSA) is 0 Å². The average molecular weight is 233 g/mol. The summed E-state index contributed by atoms with van der Waals surface area (Å²) in [6, 6.07) is 0. The summed E-state index contributed by atoms with van der Waals surface area (Å²) in [5.74, 6) is 0. The van der Waals surface area contributed by atoms with Gasteiger partial charge in [0.15, 0.2) is 17.4 Å². The van der Waals surface area contributed by atoms with Crippen molar-refractivity contribution in [3.63, 3.8) is 0 Å². The number of hydrogen-bond donors (Lipinski definition) is 0. The Morgan fingerprint density at radius 1 is 1.00 bits per heavy atom. The summed E-state index contributed by atoms with van der Waals surface area (Å²) in [4.78, 5) is 0. The summed E-state index contributed by atoms with van der Waals surface area (Å²) in [5, 5.41) is 0. The van der Waals surface area contributed by atoms with E-state index in [2.05, 4.69) is 0 Å². The molecule has 0 heterocycles. The van der Waals surface area contributed by atoms with Crippen LogP contribution in [0.3, 0.4) is 0 Å². The Bertz CT molecular complexity index is 17.2. The van der Waals surface area contributed by atoms with Crippen LogP contribution in [0.1, 0.15) is 4.28 Å². The predicted octanol–water partition coefficient (Wildman–Crippen LogP) is -3.92. The van der Waals surface area contributed by atoms with Crippen LogP contribution >= 0.6 is 0 Å². The van der Waals surface area contributed by atoms with Gasteiger partial charge in [0, 0.05) is 0 Å². The first-order valence-corrected chi connectivity index (χ1v) is 0. The number of hydrogen-bond acceptors (Lipinski definition) is 0.